The van der Waals surface area contributed by atoms with Crippen molar-refractivity contribution < 1.29 is 0 Å². The van der Waals surface area contributed by atoms with Crippen LogP contribution in [0.15, 0.2) is 48.7 Å². The molecular formula is C15H14N4. The lowest BCUT2D eigenvalue weighted by molar-refractivity contribution is 1.10. The van der Waals surface area contributed by atoms with Gasteiger partial charge in [-0.05, 0) is 17.7 Å². The lowest BCUT2D eigenvalue weighted by Gasteiger charge is -2.10. The van der Waals surface area contributed by atoms with Gasteiger partial charge in [0.15, 0.2) is 0 Å². The zero-order valence-electron chi connectivity index (χ0n) is 10.4. The van der Waals surface area contributed by atoms with Crippen LogP contribution in [0, 0.1) is 0 Å². The Labute approximate surface area is 111 Å². The SMILES string of the molecule is Nc1c(Cc2ccccc2)nc2cccnc2c1N. The Bertz CT molecular complexity index is 723. The van der Waals surface area contributed by atoms with E-state index >= 15 is 0 Å². The Kier molecular flexibility index (Phi) is 2.76. The molecule has 0 atom stereocenters. The summed E-state index contributed by atoms with van der Waals surface area (Å²) >= 11 is 0. The molecule has 0 aliphatic rings. The van der Waals surface area contributed by atoms with E-state index in [0.717, 1.165) is 16.8 Å². The van der Waals surface area contributed by atoms with Gasteiger partial charge in [-0.1, -0.05) is 30.3 Å². The van der Waals surface area contributed by atoms with Crippen LogP contribution < -0.4 is 11.5 Å². The molecule has 0 unspecified atom stereocenters. The number of benzene rings is 1. The van der Waals surface area contributed by atoms with Gasteiger partial charge < -0.3 is 11.5 Å². The topological polar surface area (TPSA) is 77.8 Å². The molecule has 4 heteroatoms. The fourth-order valence-corrected chi connectivity index (χ4v) is 2.11. The Balaban J connectivity index is 2.11. The van der Waals surface area contributed by atoms with E-state index in [1.54, 1.807) is 6.20 Å². The molecule has 0 aliphatic heterocycles. The van der Waals surface area contributed by atoms with Crippen molar-refractivity contribution >= 4 is 22.4 Å². The summed E-state index contributed by atoms with van der Waals surface area (Å²) in [6.45, 7) is 0. The summed E-state index contributed by atoms with van der Waals surface area (Å²) < 4.78 is 0. The van der Waals surface area contributed by atoms with Crippen LogP contribution in [0.25, 0.3) is 11.0 Å². The first-order valence-electron chi connectivity index (χ1n) is 6.08. The van der Waals surface area contributed by atoms with E-state index in [4.69, 9.17) is 11.5 Å². The number of nitrogen functional groups attached to an aromatic ring is 2. The molecule has 0 bridgehead atoms. The van der Waals surface area contributed by atoms with Crippen molar-refractivity contribution in [1.29, 1.82) is 0 Å². The highest BCUT2D eigenvalue weighted by Crippen LogP contribution is 2.27. The lowest BCUT2D eigenvalue weighted by Crippen LogP contribution is -2.05. The second-order valence-electron chi connectivity index (χ2n) is 4.42. The van der Waals surface area contributed by atoms with Gasteiger partial charge in [0, 0.05) is 12.6 Å². The fraction of sp³-hybridized carbons (Fsp3) is 0.0667. The van der Waals surface area contributed by atoms with Crippen LogP contribution in [0.1, 0.15) is 11.3 Å². The molecule has 0 saturated heterocycles. The molecule has 0 spiro atoms. The molecule has 19 heavy (non-hydrogen) atoms. The maximum atomic E-state index is 6.07. The normalized spacial score (nSPS) is 10.7. The highest BCUT2D eigenvalue weighted by molar-refractivity contribution is 5.93. The average Bonchev–Trinajstić information content (AvgIpc) is 2.46. The molecule has 4 nitrogen and oxygen atoms in total. The van der Waals surface area contributed by atoms with Gasteiger partial charge in [0.2, 0.25) is 0 Å². The van der Waals surface area contributed by atoms with E-state index in [0.29, 0.717) is 23.3 Å². The number of hydrogen-bond acceptors (Lipinski definition) is 4. The van der Waals surface area contributed by atoms with Crippen LogP contribution >= 0.6 is 0 Å². The Morgan fingerprint density at radius 1 is 0.895 bits per heavy atom. The molecule has 2 heterocycles. The second kappa shape index (κ2) is 4.57. The quantitative estimate of drug-likeness (QED) is 0.732. The second-order valence-corrected chi connectivity index (χ2v) is 4.42. The number of rotatable bonds is 2. The summed E-state index contributed by atoms with van der Waals surface area (Å²) in [5, 5.41) is 0. The van der Waals surface area contributed by atoms with E-state index in [1.165, 1.54) is 0 Å². The smallest absolute Gasteiger partial charge is 0.114 e. The molecule has 3 rings (SSSR count). The molecule has 4 N–H and O–H groups in total. The number of nitrogens with two attached hydrogens (primary N) is 2. The van der Waals surface area contributed by atoms with E-state index in [9.17, 15) is 0 Å². The van der Waals surface area contributed by atoms with Crippen LogP contribution in [0.3, 0.4) is 0 Å². The Morgan fingerprint density at radius 2 is 1.68 bits per heavy atom. The van der Waals surface area contributed by atoms with Crippen LogP contribution in [0.2, 0.25) is 0 Å². The molecule has 0 amide bonds. The molecule has 0 aliphatic carbocycles. The summed E-state index contributed by atoms with van der Waals surface area (Å²) in [5.41, 5.74) is 16.5. The van der Waals surface area contributed by atoms with Gasteiger partial charge >= 0.3 is 0 Å². The van der Waals surface area contributed by atoms with E-state index in [-0.39, 0.29) is 0 Å². The molecule has 0 radical (unpaired) electrons. The number of nitrogens with zero attached hydrogens (tertiary/aromatic N) is 2. The minimum Gasteiger partial charge on any atom is -0.396 e. The zero-order valence-corrected chi connectivity index (χ0v) is 10.4. The molecular weight excluding hydrogens is 236 g/mol. The average molecular weight is 250 g/mol. The summed E-state index contributed by atoms with van der Waals surface area (Å²) in [6, 6.07) is 13.8. The van der Waals surface area contributed by atoms with Gasteiger partial charge in [-0.15, -0.1) is 0 Å². The highest BCUT2D eigenvalue weighted by Gasteiger charge is 2.11. The summed E-state index contributed by atoms with van der Waals surface area (Å²) in [6.07, 6.45) is 2.36. The number of fused-ring (bicyclic) bond motifs is 1. The van der Waals surface area contributed by atoms with Gasteiger partial charge in [0.1, 0.15) is 5.52 Å². The summed E-state index contributed by atoms with van der Waals surface area (Å²) in [4.78, 5) is 8.79. The fourth-order valence-electron chi connectivity index (χ4n) is 2.11. The summed E-state index contributed by atoms with van der Waals surface area (Å²) in [7, 11) is 0. The first kappa shape index (κ1) is 11.5. The van der Waals surface area contributed by atoms with Crippen molar-refractivity contribution in [1.82, 2.24) is 9.97 Å². The molecule has 3 aromatic rings. The molecule has 2 aromatic heterocycles. The van der Waals surface area contributed by atoms with Crippen molar-refractivity contribution in [2.45, 2.75) is 6.42 Å². The van der Waals surface area contributed by atoms with Gasteiger partial charge in [0.05, 0.1) is 22.6 Å². The maximum absolute atomic E-state index is 6.07. The van der Waals surface area contributed by atoms with Crippen LogP contribution in [0.4, 0.5) is 11.4 Å². The first-order chi connectivity index (χ1) is 9.25. The van der Waals surface area contributed by atoms with Crippen molar-refractivity contribution in [3.63, 3.8) is 0 Å². The third kappa shape index (κ3) is 2.08. The van der Waals surface area contributed by atoms with E-state index in [1.807, 2.05) is 42.5 Å². The van der Waals surface area contributed by atoms with Gasteiger partial charge in [-0.2, -0.15) is 0 Å². The van der Waals surface area contributed by atoms with E-state index in [2.05, 4.69) is 9.97 Å². The number of anilines is 2. The Hall–Kier alpha value is -2.62. The number of aromatic nitrogens is 2. The molecule has 0 fully saturated rings. The van der Waals surface area contributed by atoms with Crippen LogP contribution in [-0.4, -0.2) is 9.97 Å². The van der Waals surface area contributed by atoms with E-state index < -0.39 is 0 Å². The molecule has 0 saturated carbocycles. The standard InChI is InChI=1S/C15H14N4/c16-13-12(9-10-5-2-1-3-6-10)19-11-7-4-8-18-15(11)14(13)17/h1-8H,9,16H2,(H2,17,19). The van der Waals surface area contributed by atoms with Crippen molar-refractivity contribution in [3.8, 4) is 0 Å². The Morgan fingerprint density at radius 3 is 2.47 bits per heavy atom. The van der Waals surface area contributed by atoms with Crippen molar-refractivity contribution in [2.75, 3.05) is 11.5 Å². The van der Waals surface area contributed by atoms with Gasteiger partial charge in [-0.3, -0.25) is 4.98 Å². The predicted molar refractivity (Wildman–Crippen MR) is 77.6 cm³/mol. The molecule has 94 valence electrons. The predicted octanol–water partition coefficient (Wildman–Crippen LogP) is 2.39. The maximum Gasteiger partial charge on any atom is 0.114 e. The van der Waals surface area contributed by atoms with Gasteiger partial charge in [-0.25, -0.2) is 4.98 Å². The van der Waals surface area contributed by atoms with Gasteiger partial charge in [0.25, 0.3) is 0 Å². The number of hydrogen-bond donors (Lipinski definition) is 2. The summed E-state index contributed by atoms with van der Waals surface area (Å²) in [5.74, 6) is 0. The highest BCUT2D eigenvalue weighted by atomic mass is 14.8. The first-order valence-corrected chi connectivity index (χ1v) is 6.08. The van der Waals surface area contributed by atoms with Crippen molar-refractivity contribution in [2.24, 2.45) is 0 Å². The minimum absolute atomic E-state index is 0.511. The largest absolute Gasteiger partial charge is 0.396 e. The monoisotopic (exact) mass is 250 g/mol. The molecule has 1 aromatic carbocycles. The number of pyridine rings is 2. The zero-order chi connectivity index (χ0) is 13.2. The van der Waals surface area contributed by atoms with Crippen LogP contribution in [0.5, 0.6) is 0 Å². The third-order valence-corrected chi connectivity index (χ3v) is 3.11. The third-order valence-electron chi connectivity index (χ3n) is 3.11. The van der Waals surface area contributed by atoms with Crippen LogP contribution in [-0.2, 0) is 6.42 Å². The minimum atomic E-state index is 0.511. The lowest BCUT2D eigenvalue weighted by atomic mass is 10.1. The van der Waals surface area contributed by atoms with Crippen molar-refractivity contribution in [3.05, 3.63) is 59.9 Å².